The first-order valence-corrected chi connectivity index (χ1v) is 6.51. The highest BCUT2D eigenvalue weighted by Crippen LogP contribution is 2.13. The quantitative estimate of drug-likeness (QED) is 0.847. The van der Waals surface area contributed by atoms with E-state index in [0.717, 1.165) is 0 Å². The van der Waals surface area contributed by atoms with Crippen molar-refractivity contribution in [2.75, 3.05) is 26.4 Å². The minimum Gasteiger partial charge on any atom is -0.468 e. The van der Waals surface area contributed by atoms with Gasteiger partial charge in [-0.3, -0.25) is 4.79 Å². The number of imidazole rings is 1. The predicted molar refractivity (Wildman–Crippen MR) is 78.9 cm³/mol. The molecule has 22 heavy (non-hydrogen) atoms. The fourth-order valence-corrected chi connectivity index (χ4v) is 1.67. The van der Waals surface area contributed by atoms with Gasteiger partial charge >= 0.3 is 0 Å². The topological polar surface area (TPSA) is 110 Å². The van der Waals surface area contributed by atoms with Gasteiger partial charge in [0, 0.05) is 20.2 Å². The molecule has 0 aliphatic carbocycles. The second kappa shape index (κ2) is 6.58. The third-order valence-corrected chi connectivity index (χ3v) is 2.94. The van der Waals surface area contributed by atoms with Gasteiger partial charge in [-0.1, -0.05) is 6.07 Å². The van der Waals surface area contributed by atoms with Crippen LogP contribution in [0.2, 0.25) is 0 Å². The number of nitriles is 1. The molecule has 8 nitrogen and oxygen atoms in total. The molecule has 114 valence electrons. The van der Waals surface area contributed by atoms with Crippen LogP contribution in [0.5, 0.6) is 5.88 Å². The number of nitrogen functional groups attached to an aromatic ring is 1. The van der Waals surface area contributed by atoms with Crippen molar-refractivity contribution in [3.63, 3.8) is 0 Å². The highest BCUT2D eigenvalue weighted by Gasteiger charge is 2.09. The van der Waals surface area contributed by atoms with Crippen LogP contribution in [0.25, 0.3) is 0 Å². The maximum absolute atomic E-state index is 11.5. The second-order valence-electron chi connectivity index (χ2n) is 4.76. The Hall–Kier alpha value is -3.08. The van der Waals surface area contributed by atoms with Gasteiger partial charge in [-0.15, -0.1) is 0 Å². The molecule has 0 saturated heterocycles. The third kappa shape index (κ3) is 3.52. The summed E-state index contributed by atoms with van der Waals surface area (Å²) in [6.45, 7) is 0.286. The molecule has 2 heterocycles. The lowest BCUT2D eigenvalue weighted by Crippen LogP contribution is -2.27. The van der Waals surface area contributed by atoms with Gasteiger partial charge in [0.25, 0.3) is 5.91 Å². The zero-order chi connectivity index (χ0) is 16.1. The Morgan fingerprint density at radius 2 is 2.27 bits per heavy atom. The van der Waals surface area contributed by atoms with Crippen LogP contribution in [-0.2, 0) is 11.3 Å². The first kappa shape index (κ1) is 15.3. The first-order chi connectivity index (χ1) is 10.5. The molecule has 0 aliphatic rings. The number of carbonyl (C=O) groups is 1. The number of hydrogen-bond donors (Lipinski definition) is 1. The number of nitrogens with zero attached hydrogens (tertiary/aromatic N) is 5. The van der Waals surface area contributed by atoms with Crippen molar-refractivity contribution in [1.29, 1.82) is 5.26 Å². The van der Waals surface area contributed by atoms with Crippen molar-refractivity contribution in [3.8, 4) is 11.9 Å². The van der Waals surface area contributed by atoms with Crippen LogP contribution in [0.3, 0.4) is 0 Å². The summed E-state index contributed by atoms with van der Waals surface area (Å²) in [7, 11) is 3.31. The number of carbonyl (C=O) groups excluding carboxylic acids is 1. The maximum atomic E-state index is 11.5. The molecular weight excluding hydrogens is 284 g/mol. The third-order valence-electron chi connectivity index (χ3n) is 2.94. The van der Waals surface area contributed by atoms with E-state index in [1.807, 2.05) is 6.07 Å². The zero-order valence-corrected chi connectivity index (χ0v) is 12.4. The summed E-state index contributed by atoms with van der Waals surface area (Å²) in [6, 6.07) is 7.15. The number of nitrogens with two attached hydrogens (primary N) is 1. The molecule has 8 heteroatoms. The summed E-state index contributed by atoms with van der Waals surface area (Å²) in [6.07, 6.45) is 1.48. The molecule has 2 N–H and O–H groups in total. The van der Waals surface area contributed by atoms with Crippen LogP contribution in [-0.4, -0.2) is 46.0 Å². The molecular formula is C14H16N6O2. The van der Waals surface area contributed by atoms with E-state index in [4.69, 9.17) is 15.7 Å². The molecule has 0 unspecified atom stereocenters. The molecule has 1 amide bonds. The van der Waals surface area contributed by atoms with Crippen LogP contribution in [0, 0.1) is 11.3 Å². The molecule has 2 aromatic rings. The summed E-state index contributed by atoms with van der Waals surface area (Å²) in [5.41, 5.74) is 6.67. The summed E-state index contributed by atoms with van der Waals surface area (Å²) in [5.74, 6) is 0.495. The van der Waals surface area contributed by atoms with Gasteiger partial charge < -0.3 is 19.9 Å². The van der Waals surface area contributed by atoms with Gasteiger partial charge in [-0.25, -0.2) is 9.97 Å². The minimum absolute atomic E-state index is 0.0742. The Kier molecular flexibility index (Phi) is 4.58. The van der Waals surface area contributed by atoms with E-state index in [0.29, 0.717) is 23.9 Å². The fourth-order valence-electron chi connectivity index (χ4n) is 1.67. The van der Waals surface area contributed by atoms with Crippen LogP contribution < -0.4 is 10.5 Å². The van der Waals surface area contributed by atoms with Gasteiger partial charge in [0.05, 0.1) is 18.6 Å². The SMILES string of the molecule is CN(C)C(=O)COc1cccc(Cn2cnc(C#N)c2N)n1. The molecule has 0 atom stereocenters. The van der Waals surface area contributed by atoms with Crippen LogP contribution in [0.1, 0.15) is 11.4 Å². The van der Waals surface area contributed by atoms with Gasteiger partial charge in [0.15, 0.2) is 12.3 Å². The Morgan fingerprint density at radius 3 is 2.91 bits per heavy atom. The van der Waals surface area contributed by atoms with E-state index < -0.39 is 0 Å². The predicted octanol–water partition coefficient (Wildman–Crippen LogP) is 0.247. The summed E-state index contributed by atoms with van der Waals surface area (Å²) in [4.78, 5) is 21.1. The molecule has 0 aromatic carbocycles. The Morgan fingerprint density at radius 1 is 1.50 bits per heavy atom. The number of amides is 1. The standard InChI is InChI=1S/C14H16N6O2/c1-19(2)13(21)8-22-12-5-3-4-10(18-12)7-20-9-17-11(6-15)14(20)16/h3-5,9H,7-8,16H2,1-2H3. The van der Waals surface area contributed by atoms with Gasteiger partial charge in [-0.05, 0) is 6.07 Å². The number of hydrogen-bond acceptors (Lipinski definition) is 6. The largest absolute Gasteiger partial charge is 0.468 e. The normalized spacial score (nSPS) is 10.0. The van der Waals surface area contributed by atoms with E-state index >= 15 is 0 Å². The lowest BCUT2D eigenvalue weighted by Gasteiger charge is -2.11. The van der Waals surface area contributed by atoms with Gasteiger partial charge in [-0.2, -0.15) is 5.26 Å². The molecule has 2 rings (SSSR count). The van der Waals surface area contributed by atoms with Crippen LogP contribution in [0.4, 0.5) is 5.82 Å². The van der Waals surface area contributed by atoms with Crippen molar-refractivity contribution in [3.05, 3.63) is 35.9 Å². The number of rotatable bonds is 5. The monoisotopic (exact) mass is 300 g/mol. The van der Waals surface area contributed by atoms with E-state index in [1.54, 1.807) is 36.9 Å². The summed E-state index contributed by atoms with van der Waals surface area (Å²) < 4.78 is 6.97. The maximum Gasteiger partial charge on any atom is 0.260 e. The summed E-state index contributed by atoms with van der Waals surface area (Å²) in [5, 5.41) is 8.83. The highest BCUT2D eigenvalue weighted by atomic mass is 16.5. The lowest BCUT2D eigenvalue weighted by atomic mass is 10.3. The number of ether oxygens (including phenoxy) is 1. The molecule has 2 aromatic heterocycles. The van der Waals surface area contributed by atoms with Crippen molar-refractivity contribution >= 4 is 11.7 Å². The van der Waals surface area contributed by atoms with E-state index in [-0.39, 0.29) is 18.2 Å². The number of aromatic nitrogens is 3. The van der Waals surface area contributed by atoms with Crippen LogP contribution in [0.15, 0.2) is 24.5 Å². The van der Waals surface area contributed by atoms with E-state index in [1.165, 1.54) is 11.2 Å². The molecule has 0 fully saturated rings. The lowest BCUT2D eigenvalue weighted by molar-refractivity contribution is -0.130. The number of likely N-dealkylation sites (N-methyl/N-ethyl adjacent to an activating group) is 1. The zero-order valence-electron chi connectivity index (χ0n) is 12.4. The number of pyridine rings is 1. The van der Waals surface area contributed by atoms with Crippen molar-refractivity contribution < 1.29 is 9.53 Å². The van der Waals surface area contributed by atoms with Crippen molar-refractivity contribution in [2.45, 2.75) is 6.54 Å². The van der Waals surface area contributed by atoms with Crippen molar-refractivity contribution in [2.24, 2.45) is 0 Å². The van der Waals surface area contributed by atoms with Gasteiger partial charge in [0.1, 0.15) is 11.9 Å². The molecule has 0 saturated carbocycles. The Balaban J connectivity index is 2.07. The summed E-state index contributed by atoms with van der Waals surface area (Å²) >= 11 is 0. The molecule has 0 radical (unpaired) electrons. The average Bonchev–Trinajstić information content (AvgIpc) is 2.85. The second-order valence-corrected chi connectivity index (χ2v) is 4.76. The first-order valence-electron chi connectivity index (χ1n) is 6.51. The van der Waals surface area contributed by atoms with Crippen LogP contribution >= 0.6 is 0 Å². The van der Waals surface area contributed by atoms with E-state index in [9.17, 15) is 4.79 Å². The van der Waals surface area contributed by atoms with Gasteiger partial charge in [0.2, 0.25) is 5.88 Å². The Bertz CT molecular complexity index is 716. The molecule has 0 spiro atoms. The highest BCUT2D eigenvalue weighted by molar-refractivity contribution is 5.77. The Labute approximate surface area is 127 Å². The average molecular weight is 300 g/mol. The van der Waals surface area contributed by atoms with E-state index in [2.05, 4.69) is 9.97 Å². The smallest absolute Gasteiger partial charge is 0.260 e. The van der Waals surface area contributed by atoms with Crippen molar-refractivity contribution in [1.82, 2.24) is 19.4 Å². The molecule has 0 aliphatic heterocycles. The minimum atomic E-state index is -0.148. The number of anilines is 1. The molecule has 0 bridgehead atoms. The fraction of sp³-hybridized carbons (Fsp3) is 0.286.